The molecule has 0 aromatic carbocycles. The van der Waals surface area contributed by atoms with Gasteiger partial charge in [0.15, 0.2) is 0 Å². The van der Waals surface area contributed by atoms with Crippen molar-refractivity contribution in [3.63, 3.8) is 0 Å². The third kappa shape index (κ3) is 7.73. The summed E-state index contributed by atoms with van der Waals surface area (Å²) in [6.07, 6.45) is 6.38. The first-order valence-corrected chi connectivity index (χ1v) is 7.25. The van der Waals surface area contributed by atoms with Crippen molar-refractivity contribution in [2.75, 3.05) is 12.0 Å². The van der Waals surface area contributed by atoms with Gasteiger partial charge in [0.1, 0.15) is 0 Å². The zero-order valence-corrected chi connectivity index (χ0v) is 11.7. The van der Waals surface area contributed by atoms with Crippen LogP contribution in [0.3, 0.4) is 0 Å². The lowest BCUT2D eigenvalue weighted by Gasteiger charge is -2.28. The Hall–Kier alpha value is 0.350. The minimum atomic E-state index is 0.494. The van der Waals surface area contributed by atoms with E-state index in [1.165, 1.54) is 25.0 Å². The summed E-state index contributed by atoms with van der Waals surface area (Å²) in [6, 6.07) is 0. The van der Waals surface area contributed by atoms with Crippen LogP contribution in [0.4, 0.5) is 0 Å². The molecule has 0 aliphatic carbocycles. The van der Waals surface area contributed by atoms with E-state index in [2.05, 4.69) is 40.9 Å². The van der Waals surface area contributed by atoms with Gasteiger partial charge in [-0.15, -0.1) is 0 Å². The average Bonchev–Trinajstić information content (AvgIpc) is 2.00. The van der Waals surface area contributed by atoms with Crippen LogP contribution in [0, 0.1) is 17.3 Å². The normalized spacial score (nSPS) is 14.8. The van der Waals surface area contributed by atoms with E-state index in [0.717, 1.165) is 11.8 Å². The molecule has 1 atom stereocenters. The summed E-state index contributed by atoms with van der Waals surface area (Å²) in [5.41, 5.74) is 0.494. The Kier molecular flexibility index (Phi) is 6.93. The Morgan fingerprint density at radius 3 is 2.07 bits per heavy atom. The topological polar surface area (TPSA) is 0 Å². The van der Waals surface area contributed by atoms with E-state index in [9.17, 15) is 0 Å². The van der Waals surface area contributed by atoms with E-state index < -0.39 is 0 Å². The molecule has 86 valence electrons. The van der Waals surface area contributed by atoms with Gasteiger partial charge in [-0.05, 0) is 48.5 Å². The van der Waals surface area contributed by atoms with Crippen LogP contribution in [-0.2, 0) is 0 Å². The maximum Gasteiger partial charge on any atom is -0.00702 e. The summed E-state index contributed by atoms with van der Waals surface area (Å²) in [5.74, 6) is 3.09. The molecule has 0 aromatic rings. The second-order valence-electron chi connectivity index (χ2n) is 5.90. The molecule has 0 bridgehead atoms. The molecule has 0 aromatic heterocycles. The van der Waals surface area contributed by atoms with Crippen molar-refractivity contribution in [2.24, 2.45) is 17.3 Å². The predicted octanol–water partition coefficient (Wildman–Crippen LogP) is 4.84. The van der Waals surface area contributed by atoms with E-state index >= 15 is 0 Å². The van der Waals surface area contributed by atoms with E-state index in [1.807, 2.05) is 11.8 Å². The first-order valence-electron chi connectivity index (χ1n) is 5.86. The largest absolute Gasteiger partial charge is 0.165 e. The number of rotatable bonds is 6. The highest BCUT2D eigenvalue weighted by Crippen LogP contribution is 2.31. The molecular weight excluding hydrogens is 188 g/mol. The van der Waals surface area contributed by atoms with Crippen LogP contribution >= 0.6 is 11.8 Å². The molecule has 1 heteroatoms. The summed E-state index contributed by atoms with van der Waals surface area (Å²) in [5, 5.41) is 0. The average molecular weight is 216 g/mol. The molecule has 0 rings (SSSR count). The minimum absolute atomic E-state index is 0.494. The minimum Gasteiger partial charge on any atom is -0.165 e. The predicted molar refractivity (Wildman–Crippen MR) is 70.0 cm³/mol. The third-order valence-corrected chi connectivity index (χ3v) is 3.44. The first-order chi connectivity index (χ1) is 6.37. The Morgan fingerprint density at radius 1 is 1.14 bits per heavy atom. The summed E-state index contributed by atoms with van der Waals surface area (Å²) in [6.45, 7) is 11.8. The van der Waals surface area contributed by atoms with E-state index in [4.69, 9.17) is 0 Å². The van der Waals surface area contributed by atoms with Crippen molar-refractivity contribution < 1.29 is 0 Å². The van der Waals surface area contributed by atoms with E-state index in [0.29, 0.717) is 5.41 Å². The van der Waals surface area contributed by atoms with Gasteiger partial charge in [-0.1, -0.05) is 34.6 Å². The fraction of sp³-hybridized carbons (Fsp3) is 1.00. The molecule has 1 unspecified atom stereocenters. The molecule has 0 spiro atoms. The molecule has 0 saturated carbocycles. The molecule has 0 amide bonds. The van der Waals surface area contributed by atoms with Gasteiger partial charge in [0.2, 0.25) is 0 Å². The van der Waals surface area contributed by atoms with Gasteiger partial charge in [-0.25, -0.2) is 0 Å². The van der Waals surface area contributed by atoms with Gasteiger partial charge in [-0.3, -0.25) is 0 Å². The third-order valence-electron chi connectivity index (χ3n) is 2.74. The Bertz CT molecular complexity index is 133. The summed E-state index contributed by atoms with van der Waals surface area (Å²) in [7, 11) is 0. The van der Waals surface area contributed by atoms with Crippen LogP contribution < -0.4 is 0 Å². The second kappa shape index (κ2) is 6.76. The molecule has 0 aliphatic rings. The Balaban J connectivity index is 3.91. The van der Waals surface area contributed by atoms with Crippen LogP contribution in [-0.4, -0.2) is 12.0 Å². The number of hydrogen-bond acceptors (Lipinski definition) is 1. The molecule has 0 saturated heterocycles. The zero-order chi connectivity index (χ0) is 11.2. The zero-order valence-electron chi connectivity index (χ0n) is 10.9. The summed E-state index contributed by atoms with van der Waals surface area (Å²) in [4.78, 5) is 0. The van der Waals surface area contributed by atoms with Crippen molar-refractivity contribution in [3.05, 3.63) is 0 Å². The lowest BCUT2D eigenvalue weighted by molar-refractivity contribution is 0.230. The molecule has 0 nitrogen and oxygen atoms in total. The van der Waals surface area contributed by atoms with Crippen molar-refractivity contribution >= 4 is 11.8 Å². The number of hydrogen-bond donors (Lipinski definition) is 0. The molecule has 0 heterocycles. The molecular formula is C13H28S. The van der Waals surface area contributed by atoms with Crippen LogP contribution in [0.2, 0.25) is 0 Å². The molecule has 14 heavy (non-hydrogen) atoms. The summed E-state index contributed by atoms with van der Waals surface area (Å²) < 4.78 is 0. The van der Waals surface area contributed by atoms with Crippen molar-refractivity contribution in [2.45, 2.75) is 53.9 Å². The van der Waals surface area contributed by atoms with E-state index in [-0.39, 0.29) is 0 Å². The SMILES string of the molecule is CSCCCC(CC(C)(C)C)C(C)C. The Morgan fingerprint density at radius 2 is 1.71 bits per heavy atom. The van der Waals surface area contributed by atoms with Crippen LogP contribution in [0.25, 0.3) is 0 Å². The fourth-order valence-electron chi connectivity index (χ4n) is 1.95. The van der Waals surface area contributed by atoms with Crippen molar-refractivity contribution in [3.8, 4) is 0 Å². The molecule has 0 N–H and O–H groups in total. The highest BCUT2D eigenvalue weighted by Gasteiger charge is 2.20. The van der Waals surface area contributed by atoms with Gasteiger partial charge in [0.25, 0.3) is 0 Å². The lowest BCUT2D eigenvalue weighted by atomic mass is 9.78. The highest BCUT2D eigenvalue weighted by molar-refractivity contribution is 7.98. The fourth-order valence-corrected chi connectivity index (χ4v) is 2.40. The molecule has 0 fully saturated rings. The monoisotopic (exact) mass is 216 g/mol. The van der Waals surface area contributed by atoms with Gasteiger partial charge < -0.3 is 0 Å². The van der Waals surface area contributed by atoms with Gasteiger partial charge >= 0.3 is 0 Å². The first kappa shape index (κ1) is 14.3. The second-order valence-corrected chi connectivity index (χ2v) is 6.89. The van der Waals surface area contributed by atoms with Gasteiger partial charge in [0.05, 0.1) is 0 Å². The molecule has 0 aliphatic heterocycles. The van der Waals surface area contributed by atoms with Gasteiger partial charge in [0, 0.05) is 0 Å². The smallest absolute Gasteiger partial charge is 0.00702 e. The van der Waals surface area contributed by atoms with Gasteiger partial charge in [-0.2, -0.15) is 11.8 Å². The summed E-state index contributed by atoms with van der Waals surface area (Å²) >= 11 is 1.97. The number of thioether (sulfide) groups is 1. The van der Waals surface area contributed by atoms with Crippen LogP contribution in [0.5, 0.6) is 0 Å². The maximum absolute atomic E-state index is 2.37. The quantitative estimate of drug-likeness (QED) is 0.573. The standard InChI is InChI=1S/C13H28S/c1-11(2)12(8-7-9-14-6)10-13(3,4)5/h11-12H,7-10H2,1-6H3. The van der Waals surface area contributed by atoms with Crippen LogP contribution in [0.15, 0.2) is 0 Å². The molecule has 0 radical (unpaired) electrons. The Labute approximate surface area is 95.2 Å². The van der Waals surface area contributed by atoms with E-state index in [1.54, 1.807) is 0 Å². The van der Waals surface area contributed by atoms with Crippen molar-refractivity contribution in [1.29, 1.82) is 0 Å². The van der Waals surface area contributed by atoms with Crippen molar-refractivity contribution in [1.82, 2.24) is 0 Å². The maximum atomic E-state index is 2.37. The highest BCUT2D eigenvalue weighted by atomic mass is 32.2. The lowest BCUT2D eigenvalue weighted by Crippen LogP contribution is -2.18. The van der Waals surface area contributed by atoms with Crippen LogP contribution in [0.1, 0.15) is 53.9 Å².